The number of nitrogens with zero attached hydrogens (tertiary/aromatic N) is 2. The lowest BCUT2D eigenvalue weighted by Crippen LogP contribution is -2.45. The van der Waals surface area contributed by atoms with Gasteiger partial charge in [0.15, 0.2) is 17.5 Å². The molecule has 0 saturated carbocycles. The Morgan fingerprint density at radius 3 is 2.96 bits per heavy atom. The SMILES string of the molecule is CCN1CCCC1CNC(=NC)NCCc1cc(Cl)c2c(c1)OCCO2. The predicted molar refractivity (Wildman–Crippen MR) is 106 cm³/mol. The number of rotatable bonds is 6. The molecule has 26 heavy (non-hydrogen) atoms. The zero-order valence-electron chi connectivity index (χ0n) is 15.7. The highest BCUT2D eigenvalue weighted by Crippen LogP contribution is 2.38. The average molecular weight is 381 g/mol. The number of fused-ring (bicyclic) bond motifs is 1. The third-order valence-electron chi connectivity index (χ3n) is 5.00. The summed E-state index contributed by atoms with van der Waals surface area (Å²) in [5.41, 5.74) is 1.12. The van der Waals surface area contributed by atoms with Gasteiger partial charge in [0.25, 0.3) is 0 Å². The fourth-order valence-corrected chi connectivity index (χ4v) is 3.90. The van der Waals surface area contributed by atoms with Crippen LogP contribution in [0.25, 0.3) is 0 Å². The molecule has 0 spiro atoms. The summed E-state index contributed by atoms with van der Waals surface area (Å²) in [7, 11) is 1.81. The number of halogens is 1. The van der Waals surface area contributed by atoms with Crippen LogP contribution in [0.4, 0.5) is 0 Å². The molecule has 1 saturated heterocycles. The van der Waals surface area contributed by atoms with Gasteiger partial charge in [0.1, 0.15) is 13.2 Å². The van der Waals surface area contributed by atoms with Crippen molar-refractivity contribution < 1.29 is 9.47 Å². The van der Waals surface area contributed by atoms with Gasteiger partial charge >= 0.3 is 0 Å². The van der Waals surface area contributed by atoms with Crippen LogP contribution in [0.3, 0.4) is 0 Å². The number of benzene rings is 1. The first-order valence-corrected chi connectivity index (χ1v) is 9.85. The maximum Gasteiger partial charge on any atom is 0.191 e. The molecule has 0 aromatic heterocycles. The molecule has 1 aromatic rings. The smallest absolute Gasteiger partial charge is 0.191 e. The molecule has 3 rings (SSSR count). The lowest BCUT2D eigenvalue weighted by molar-refractivity contribution is 0.171. The first-order chi connectivity index (χ1) is 12.7. The lowest BCUT2D eigenvalue weighted by Gasteiger charge is -2.24. The van der Waals surface area contributed by atoms with Gasteiger partial charge in [-0.05, 0) is 50.0 Å². The van der Waals surface area contributed by atoms with Gasteiger partial charge in [-0.15, -0.1) is 0 Å². The molecule has 0 amide bonds. The van der Waals surface area contributed by atoms with E-state index < -0.39 is 0 Å². The molecule has 7 heteroatoms. The highest BCUT2D eigenvalue weighted by atomic mass is 35.5. The minimum atomic E-state index is 0.548. The van der Waals surface area contributed by atoms with Crippen LogP contribution in [0.2, 0.25) is 5.02 Å². The van der Waals surface area contributed by atoms with Crippen molar-refractivity contribution in [1.29, 1.82) is 0 Å². The Labute approximate surface area is 160 Å². The molecule has 1 unspecified atom stereocenters. The van der Waals surface area contributed by atoms with Gasteiger partial charge in [-0.1, -0.05) is 18.5 Å². The summed E-state index contributed by atoms with van der Waals surface area (Å²) < 4.78 is 11.2. The largest absolute Gasteiger partial charge is 0.486 e. The number of nitrogens with one attached hydrogen (secondary N) is 2. The predicted octanol–water partition coefficient (Wildman–Crippen LogP) is 2.30. The molecule has 2 aliphatic heterocycles. The number of hydrogen-bond acceptors (Lipinski definition) is 4. The summed E-state index contributed by atoms with van der Waals surface area (Å²) in [4.78, 5) is 6.85. The Morgan fingerprint density at radius 2 is 2.15 bits per heavy atom. The number of guanidine groups is 1. The molecule has 1 fully saturated rings. The van der Waals surface area contributed by atoms with Crippen LogP contribution >= 0.6 is 11.6 Å². The zero-order valence-corrected chi connectivity index (χ0v) is 16.4. The molecule has 1 atom stereocenters. The van der Waals surface area contributed by atoms with Gasteiger partial charge < -0.3 is 20.1 Å². The van der Waals surface area contributed by atoms with Crippen molar-refractivity contribution in [3.63, 3.8) is 0 Å². The van der Waals surface area contributed by atoms with Crippen molar-refractivity contribution in [2.45, 2.75) is 32.2 Å². The van der Waals surface area contributed by atoms with E-state index in [1.54, 1.807) is 0 Å². The lowest BCUT2D eigenvalue weighted by atomic mass is 10.1. The fraction of sp³-hybridized carbons (Fsp3) is 0.632. The molecule has 2 N–H and O–H groups in total. The number of likely N-dealkylation sites (N-methyl/N-ethyl adjacent to an activating group) is 1. The molecule has 144 valence electrons. The molecule has 0 bridgehead atoms. The normalized spacial score (nSPS) is 20.3. The minimum absolute atomic E-state index is 0.548. The Hall–Kier alpha value is -1.66. The summed E-state index contributed by atoms with van der Waals surface area (Å²) in [5, 5.41) is 7.44. The quantitative estimate of drug-likeness (QED) is 0.586. The van der Waals surface area contributed by atoms with Crippen molar-refractivity contribution in [2.24, 2.45) is 4.99 Å². The van der Waals surface area contributed by atoms with Crippen molar-refractivity contribution in [3.8, 4) is 11.5 Å². The number of likely N-dealkylation sites (tertiary alicyclic amines) is 1. The van der Waals surface area contributed by atoms with Crippen LogP contribution in [0.1, 0.15) is 25.3 Å². The first kappa shape index (κ1) is 19.1. The van der Waals surface area contributed by atoms with Crippen LogP contribution < -0.4 is 20.1 Å². The van der Waals surface area contributed by atoms with Crippen LogP contribution in [-0.2, 0) is 6.42 Å². The second-order valence-corrected chi connectivity index (χ2v) is 7.06. The van der Waals surface area contributed by atoms with E-state index in [0.717, 1.165) is 43.3 Å². The van der Waals surface area contributed by atoms with Gasteiger partial charge in [0.05, 0.1) is 5.02 Å². The standard InChI is InChI=1S/C19H29ClN4O2/c1-3-24-8-4-5-15(24)13-23-19(21-2)22-7-6-14-11-16(20)18-17(12-14)25-9-10-26-18/h11-12,15H,3-10,13H2,1-2H3,(H2,21,22,23). The van der Waals surface area contributed by atoms with Crippen molar-refractivity contribution in [3.05, 3.63) is 22.7 Å². The molecular weight excluding hydrogens is 352 g/mol. The topological polar surface area (TPSA) is 58.1 Å². The maximum absolute atomic E-state index is 6.30. The van der Waals surface area contributed by atoms with Crippen LogP contribution in [-0.4, -0.2) is 63.3 Å². The summed E-state index contributed by atoms with van der Waals surface area (Å²) in [6, 6.07) is 4.57. The van der Waals surface area contributed by atoms with Gasteiger partial charge in [-0.2, -0.15) is 0 Å². The van der Waals surface area contributed by atoms with E-state index >= 15 is 0 Å². The van der Waals surface area contributed by atoms with E-state index in [-0.39, 0.29) is 0 Å². The Bertz CT molecular complexity index is 638. The highest BCUT2D eigenvalue weighted by molar-refractivity contribution is 6.32. The van der Waals surface area contributed by atoms with Crippen molar-refractivity contribution in [2.75, 3.05) is 46.4 Å². The van der Waals surface area contributed by atoms with Crippen molar-refractivity contribution >= 4 is 17.6 Å². The maximum atomic E-state index is 6.30. The highest BCUT2D eigenvalue weighted by Gasteiger charge is 2.22. The summed E-state index contributed by atoms with van der Waals surface area (Å²) in [6.07, 6.45) is 3.38. The Kier molecular flexibility index (Phi) is 6.86. The van der Waals surface area contributed by atoms with Crippen LogP contribution in [0.15, 0.2) is 17.1 Å². The third-order valence-corrected chi connectivity index (χ3v) is 5.28. The van der Waals surface area contributed by atoms with Crippen LogP contribution in [0.5, 0.6) is 11.5 Å². The van der Waals surface area contributed by atoms with E-state index in [4.69, 9.17) is 21.1 Å². The second kappa shape index (κ2) is 9.33. The van der Waals surface area contributed by atoms with Gasteiger partial charge in [-0.25, -0.2) is 0 Å². The van der Waals surface area contributed by atoms with E-state index in [9.17, 15) is 0 Å². The molecule has 2 heterocycles. The number of hydrogen-bond donors (Lipinski definition) is 2. The zero-order chi connectivity index (χ0) is 18.4. The van der Waals surface area contributed by atoms with Crippen molar-refractivity contribution in [1.82, 2.24) is 15.5 Å². The van der Waals surface area contributed by atoms with Gasteiger partial charge in [0, 0.05) is 26.2 Å². The van der Waals surface area contributed by atoms with E-state index in [0.29, 0.717) is 30.0 Å². The first-order valence-electron chi connectivity index (χ1n) is 9.48. The van der Waals surface area contributed by atoms with Crippen LogP contribution in [0, 0.1) is 0 Å². The van der Waals surface area contributed by atoms with E-state index in [1.165, 1.54) is 19.4 Å². The van der Waals surface area contributed by atoms with E-state index in [2.05, 4.69) is 27.4 Å². The minimum Gasteiger partial charge on any atom is -0.486 e. The Morgan fingerprint density at radius 1 is 1.31 bits per heavy atom. The van der Waals surface area contributed by atoms with Gasteiger partial charge in [0.2, 0.25) is 0 Å². The summed E-state index contributed by atoms with van der Waals surface area (Å²) in [6.45, 7) is 7.37. The monoisotopic (exact) mass is 380 g/mol. The molecule has 0 radical (unpaired) electrons. The summed E-state index contributed by atoms with van der Waals surface area (Å²) >= 11 is 6.30. The number of ether oxygens (including phenoxy) is 2. The van der Waals surface area contributed by atoms with Gasteiger partial charge in [-0.3, -0.25) is 9.89 Å². The number of aliphatic imine (C=N–C) groups is 1. The second-order valence-electron chi connectivity index (χ2n) is 6.66. The molecular formula is C19H29ClN4O2. The Balaban J connectivity index is 1.46. The molecule has 1 aromatic carbocycles. The summed E-state index contributed by atoms with van der Waals surface area (Å²) in [5.74, 6) is 2.24. The average Bonchev–Trinajstić information content (AvgIpc) is 3.12. The molecule has 2 aliphatic rings. The fourth-order valence-electron chi connectivity index (χ4n) is 3.61. The third kappa shape index (κ3) is 4.74. The van der Waals surface area contributed by atoms with E-state index in [1.807, 2.05) is 19.2 Å². The molecule has 0 aliphatic carbocycles. The molecule has 6 nitrogen and oxygen atoms in total.